The fraction of sp³-hybridized carbons (Fsp3) is 0.455. The zero-order valence-electron chi connectivity index (χ0n) is 8.54. The third-order valence-corrected chi connectivity index (χ3v) is 2.62. The summed E-state index contributed by atoms with van der Waals surface area (Å²) < 4.78 is 10.9. The van der Waals surface area contributed by atoms with Gasteiger partial charge in [0.1, 0.15) is 0 Å². The van der Waals surface area contributed by atoms with E-state index in [1.165, 1.54) is 0 Å². The molecular weight excluding hydrogens is 178 g/mol. The molecule has 1 aliphatic rings. The highest BCUT2D eigenvalue weighted by atomic mass is 16.5. The highest BCUT2D eigenvalue weighted by molar-refractivity contribution is 5.53. The van der Waals surface area contributed by atoms with Crippen molar-refractivity contribution in [2.75, 3.05) is 13.7 Å². The quantitative estimate of drug-likeness (QED) is 0.739. The minimum Gasteiger partial charge on any atom is -0.493 e. The molecule has 2 N–H and O–H groups in total. The minimum absolute atomic E-state index is 0.0771. The maximum absolute atomic E-state index is 5.98. The summed E-state index contributed by atoms with van der Waals surface area (Å²) in [6, 6.07) is 4.12. The number of aryl methyl sites for hydroxylation is 1. The monoisotopic (exact) mass is 193 g/mol. The number of hydrogen-bond acceptors (Lipinski definition) is 3. The van der Waals surface area contributed by atoms with E-state index in [1.807, 2.05) is 19.1 Å². The molecule has 1 aromatic carbocycles. The highest BCUT2D eigenvalue weighted by Gasteiger charge is 2.22. The van der Waals surface area contributed by atoms with Crippen molar-refractivity contribution in [2.45, 2.75) is 19.4 Å². The molecule has 0 unspecified atom stereocenters. The third kappa shape index (κ3) is 1.34. The van der Waals surface area contributed by atoms with E-state index in [1.54, 1.807) is 7.11 Å². The van der Waals surface area contributed by atoms with Crippen molar-refractivity contribution in [1.82, 2.24) is 0 Å². The van der Waals surface area contributed by atoms with Gasteiger partial charge in [-0.3, -0.25) is 0 Å². The Labute approximate surface area is 83.8 Å². The normalized spacial score (nSPS) is 19.8. The van der Waals surface area contributed by atoms with Crippen molar-refractivity contribution in [3.05, 3.63) is 23.3 Å². The first-order valence-corrected chi connectivity index (χ1v) is 4.80. The zero-order chi connectivity index (χ0) is 10.1. The van der Waals surface area contributed by atoms with Crippen LogP contribution in [0.2, 0.25) is 0 Å². The first-order valence-electron chi connectivity index (χ1n) is 4.80. The summed E-state index contributed by atoms with van der Waals surface area (Å²) in [5.74, 6) is 1.64. The topological polar surface area (TPSA) is 44.5 Å². The van der Waals surface area contributed by atoms with Gasteiger partial charge in [0, 0.05) is 18.0 Å². The number of fused-ring (bicyclic) bond motifs is 1. The molecule has 0 radical (unpaired) electrons. The number of ether oxygens (including phenoxy) is 2. The Balaban J connectivity index is 2.55. The predicted molar refractivity (Wildman–Crippen MR) is 54.8 cm³/mol. The molecule has 0 amide bonds. The van der Waals surface area contributed by atoms with Crippen LogP contribution in [0.4, 0.5) is 0 Å². The van der Waals surface area contributed by atoms with Crippen LogP contribution in [0, 0.1) is 6.92 Å². The van der Waals surface area contributed by atoms with E-state index in [2.05, 4.69) is 0 Å². The van der Waals surface area contributed by atoms with Crippen molar-refractivity contribution in [2.24, 2.45) is 5.73 Å². The average Bonchev–Trinajstić information content (AvgIpc) is 2.18. The highest BCUT2D eigenvalue weighted by Crippen LogP contribution is 2.40. The maximum Gasteiger partial charge on any atom is 0.166 e. The number of rotatable bonds is 1. The average molecular weight is 193 g/mol. The lowest BCUT2D eigenvalue weighted by Crippen LogP contribution is -2.21. The second-order valence-electron chi connectivity index (χ2n) is 3.58. The molecule has 3 nitrogen and oxygen atoms in total. The van der Waals surface area contributed by atoms with Gasteiger partial charge in [0.2, 0.25) is 0 Å². The molecule has 0 saturated carbocycles. The van der Waals surface area contributed by atoms with Gasteiger partial charge >= 0.3 is 0 Å². The van der Waals surface area contributed by atoms with Crippen LogP contribution >= 0.6 is 0 Å². The molecule has 14 heavy (non-hydrogen) atoms. The van der Waals surface area contributed by atoms with Crippen LogP contribution in [0.1, 0.15) is 23.6 Å². The second-order valence-corrected chi connectivity index (χ2v) is 3.58. The van der Waals surface area contributed by atoms with E-state index in [4.69, 9.17) is 15.2 Å². The smallest absolute Gasteiger partial charge is 0.166 e. The Morgan fingerprint density at radius 1 is 1.50 bits per heavy atom. The summed E-state index contributed by atoms with van der Waals surface area (Å²) in [5.41, 5.74) is 8.12. The molecule has 0 saturated heterocycles. The van der Waals surface area contributed by atoms with Crippen molar-refractivity contribution < 1.29 is 9.47 Å². The Kier molecular flexibility index (Phi) is 2.33. The summed E-state index contributed by atoms with van der Waals surface area (Å²) in [6.45, 7) is 2.68. The summed E-state index contributed by atoms with van der Waals surface area (Å²) in [6.07, 6.45) is 0.874. The van der Waals surface area contributed by atoms with Gasteiger partial charge in [-0.1, -0.05) is 12.1 Å². The van der Waals surface area contributed by atoms with Crippen molar-refractivity contribution in [1.29, 1.82) is 0 Å². The number of nitrogens with two attached hydrogens (primary N) is 1. The van der Waals surface area contributed by atoms with Crippen LogP contribution in [0.5, 0.6) is 11.5 Å². The standard InChI is InChI=1S/C11H15NO2/c1-7-3-4-8-9(12)5-6-14-11(8)10(7)13-2/h3-4,9H,5-6,12H2,1-2H3/t9-/m1/s1. The van der Waals surface area contributed by atoms with Crippen molar-refractivity contribution in [3.63, 3.8) is 0 Å². The Morgan fingerprint density at radius 2 is 2.29 bits per heavy atom. The van der Waals surface area contributed by atoms with E-state index in [-0.39, 0.29) is 6.04 Å². The van der Waals surface area contributed by atoms with Crippen LogP contribution in [-0.4, -0.2) is 13.7 Å². The lowest BCUT2D eigenvalue weighted by Gasteiger charge is -2.25. The molecule has 76 valence electrons. The number of methoxy groups -OCH3 is 1. The largest absolute Gasteiger partial charge is 0.493 e. The fourth-order valence-electron chi connectivity index (χ4n) is 1.81. The number of hydrogen-bond donors (Lipinski definition) is 1. The molecule has 2 rings (SSSR count). The van der Waals surface area contributed by atoms with Crippen molar-refractivity contribution in [3.8, 4) is 11.5 Å². The Morgan fingerprint density at radius 3 is 3.00 bits per heavy atom. The lowest BCUT2D eigenvalue weighted by atomic mass is 9.99. The van der Waals surface area contributed by atoms with Gasteiger partial charge < -0.3 is 15.2 Å². The summed E-state index contributed by atoms with van der Waals surface area (Å²) in [4.78, 5) is 0. The fourth-order valence-corrected chi connectivity index (χ4v) is 1.81. The molecule has 1 aromatic rings. The first kappa shape index (κ1) is 9.34. The number of benzene rings is 1. The van der Waals surface area contributed by atoms with Crippen LogP contribution < -0.4 is 15.2 Å². The molecule has 0 aliphatic carbocycles. The van der Waals surface area contributed by atoms with Gasteiger partial charge in [-0.15, -0.1) is 0 Å². The van der Waals surface area contributed by atoms with E-state index in [9.17, 15) is 0 Å². The molecule has 3 heteroatoms. The van der Waals surface area contributed by atoms with Crippen molar-refractivity contribution >= 4 is 0 Å². The van der Waals surface area contributed by atoms with Crippen LogP contribution in [0.3, 0.4) is 0 Å². The Bertz CT molecular complexity index is 349. The van der Waals surface area contributed by atoms with Gasteiger partial charge in [-0.05, 0) is 12.5 Å². The summed E-state index contributed by atoms with van der Waals surface area (Å²) in [7, 11) is 1.66. The van der Waals surface area contributed by atoms with Gasteiger partial charge in [0.25, 0.3) is 0 Å². The molecular formula is C11H15NO2. The Hall–Kier alpha value is -1.22. The first-order chi connectivity index (χ1) is 6.74. The van der Waals surface area contributed by atoms with Gasteiger partial charge in [-0.25, -0.2) is 0 Å². The van der Waals surface area contributed by atoms with Crippen LogP contribution in [-0.2, 0) is 0 Å². The van der Waals surface area contributed by atoms with Gasteiger partial charge in [0.15, 0.2) is 11.5 Å². The zero-order valence-corrected chi connectivity index (χ0v) is 8.54. The maximum atomic E-state index is 5.98. The molecule has 0 aromatic heterocycles. The molecule has 0 fully saturated rings. The third-order valence-electron chi connectivity index (χ3n) is 2.62. The second kappa shape index (κ2) is 3.50. The summed E-state index contributed by atoms with van der Waals surface area (Å²) >= 11 is 0. The molecule has 0 spiro atoms. The van der Waals surface area contributed by atoms with Crippen LogP contribution in [0.15, 0.2) is 12.1 Å². The molecule has 1 heterocycles. The molecule has 1 atom stereocenters. The van der Waals surface area contributed by atoms with Crippen LogP contribution in [0.25, 0.3) is 0 Å². The predicted octanol–water partition coefficient (Wildman–Crippen LogP) is 1.79. The molecule has 1 aliphatic heterocycles. The van der Waals surface area contributed by atoms with E-state index < -0.39 is 0 Å². The van der Waals surface area contributed by atoms with E-state index >= 15 is 0 Å². The van der Waals surface area contributed by atoms with Gasteiger partial charge in [0.05, 0.1) is 13.7 Å². The molecule has 0 bridgehead atoms. The minimum atomic E-state index is 0.0771. The van der Waals surface area contributed by atoms with E-state index in [0.717, 1.165) is 29.0 Å². The lowest BCUT2D eigenvalue weighted by molar-refractivity contribution is 0.252. The van der Waals surface area contributed by atoms with E-state index in [0.29, 0.717) is 6.61 Å². The SMILES string of the molecule is COc1c(C)ccc2c1OCC[C@H]2N. The van der Waals surface area contributed by atoms with Gasteiger partial charge in [-0.2, -0.15) is 0 Å². The summed E-state index contributed by atoms with van der Waals surface area (Å²) in [5, 5.41) is 0.